The third-order valence-electron chi connectivity index (χ3n) is 3.29. The minimum atomic E-state index is 0.0309. The lowest BCUT2D eigenvalue weighted by molar-refractivity contribution is 0.0680. The highest BCUT2D eigenvalue weighted by molar-refractivity contribution is 5.95. The number of nitrogens with two attached hydrogens (primary N) is 1. The molecule has 1 heterocycles. The molecule has 5 nitrogen and oxygen atoms in total. The van der Waals surface area contributed by atoms with Crippen molar-refractivity contribution < 1.29 is 9.53 Å². The number of hydrogen-bond acceptors (Lipinski definition) is 4. The van der Waals surface area contributed by atoms with E-state index in [-0.39, 0.29) is 5.91 Å². The Hall–Kier alpha value is -1.62. The fourth-order valence-electron chi connectivity index (χ4n) is 2.11. The van der Waals surface area contributed by atoms with Crippen LogP contribution in [-0.2, 0) is 11.2 Å². The summed E-state index contributed by atoms with van der Waals surface area (Å²) < 4.78 is 5.07. The van der Waals surface area contributed by atoms with Gasteiger partial charge >= 0.3 is 0 Å². The molecule has 0 saturated heterocycles. The first-order chi connectivity index (χ1) is 9.15. The Bertz CT molecular complexity index is 458. The summed E-state index contributed by atoms with van der Waals surface area (Å²) in [6, 6.07) is 3.85. The Morgan fingerprint density at radius 3 is 2.84 bits per heavy atom. The molecule has 0 aliphatic heterocycles. The number of pyridine rings is 1. The molecule has 0 bridgehead atoms. The zero-order valence-electron chi connectivity index (χ0n) is 11.6. The Labute approximate surface area is 113 Å². The van der Waals surface area contributed by atoms with E-state index in [0.717, 1.165) is 25.0 Å². The van der Waals surface area contributed by atoms with Crippen LogP contribution < -0.4 is 5.73 Å². The van der Waals surface area contributed by atoms with Gasteiger partial charge in [0.15, 0.2) is 0 Å². The first kappa shape index (κ1) is 13.8. The molecule has 0 aromatic carbocycles. The molecule has 1 amide bonds. The van der Waals surface area contributed by atoms with Gasteiger partial charge in [-0.15, -0.1) is 0 Å². The van der Waals surface area contributed by atoms with Crippen LogP contribution in [0.2, 0.25) is 0 Å². The van der Waals surface area contributed by atoms with Crippen LogP contribution in [0.25, 0.3) is 0 Å². The fourth-order valence-corrected chi connectivity index (χ4v) is 2.11. The van der Waals surface area contributed by atoms with E-state index >= 15 is 0 Å². The Morgan fingerprint density at radius 1 is 1.53 bits per heavy atom. The van der Waals surface area contributed by atoms with E-state index in [9.17, 15) is 4.79 Å². The quantitative estimate of drug-likeness (QED) is 0.844. The second kappa shape index (κ2) is 6.02. The van der Waals surface area contributed by atoms with Crippen LogP contribution in [0.15, 0.2) is 12.1 Å². The Morgan fingerprint density at radius 2 is 2.26 bits per heavy atom. The van der Waals surface area contributed by atoms with Crippen molar-refractivity contribution in [1.29, 1.82) is 0 Å². The lowest BCUT2D eigenvalue weighted by Crippen LogP contribution is -2.36. The third kappa shape index (κ3) is 3.44. The largest absolute Gasteiger partial charge is 0.384 e. The number of methoxy groups -OCH3 is 1. The molecule has 1 fully saturated rings. The lowest BCUT2D eigenvalue weighted by Gasteiger charge is -2.22. The number of aromatic nitrogens is 1. The average Bonchev–Trinajstić information content (AvgIpc) is 3.22. The standard InChI is InChI=1S/C14H21N3O2/c1-3-11-8-10(9-13(15)16-11)14(18)17(6-7-19-2)12-4-5-12/h8-9,12H,3-7H2,1-2H3,(H2,15,16). The summed E-state index contributed by atoms with van der Waals surface area (Å²) in [5.41, 5.74) is 7.24. The smallest absolute Gasteiger partial charge is 0.254 e. The number of amides is 1. The summed E-state index contributed by atoms with van der Waals surface area (Å²) in [6.45, 7) is 3.19. The van der Waals surface area contributed by atoms with Crippen LogP contribution >= 0.6 is 0 Å². The molecule has 0 spiro atoms. The molecule has 0 radical (unpaired) electrons. The molecule has 1 aliphatic carbocycles. The first-order valence-electron chi connectivity index (χ1n) is 6.72. The van der Waals surface area contributed by atoms with E-state index in [0.29, 0.717) is 30.6 Å². The number of nitrogen functional groups attached to an aromatic ring is 1. The van der Waals surface area contributed by atoms with Gasteiger partial charge in [-0.1, -0.05) is 6.92 Å². The van der Waals surface area contributed by atoms with Crippen molar-refractivity contribution in [2.45, 2.75) is 32.2 Å². The van der Waals surface area contributed by atoms with Gasteiger partial charge in [0.05, 0.1) is 6.61 Å². The van der Waals surface area contributed by atoms with E-state index in [1.54, 1.807) is 13.2 Å². The molecule has 1 saturated carbocycles. The number of carbonyl (C=O) groups is 1. The number of rotatable bonds is 6. The van der Waals surface area contributed by atoms with Crippen LogP contribution in [-0.4, -0.2) is 42.1 Å². The minimum absolute atomic E-state index is 0.0309. The maximum Gasteiger partial charge on any atom is 0.254 e. The molecule has 1 aromatic heterocycles. The summed E-state index contributed by atoms with van der Waals surface area (Å²) in [5, 5.41) is 0. The molecular formula is C14H21N3O2. The van der Waals surface area contributed by atoms with Crippen molar-refractivity contribution in [3.05, 3.63) is 23.4 Å². The highest BCUT2D eigenvalue weighted by atomic mass is 16.5. The van der Waals surface area contributed by atoms with Gasteiger partial charge in [0.2, 0.25) is 0 Å². The number of ether oxygens (including phenoxy) is 1. The summed E-state index contributed by atoms with van der Waals surface area (Å²) in [7, 11) is 1.65. The van der Waals surface area contributed by atoms with Gasteiger partial charge in [0, 0.05) is 31.0 Å². The predicted octanol–water partition coefficient (Wildman–Crippen LogP) is 1.48. The van der Waals surface area contributed by atoms with Crippen LogP contribution in [0.4, 0.5) is 5.82 Å². The number of nitrogens with zero attached hydrogens (tertiary/aromatic N) is 2. The Balaban J connectivity index is 2.18. The number of anilines is 1. The van der Waals surface area contributed by atoms with Gasteiger partial charge in [0.1, 0.15) is 5.82 Å². The molecule has 1 aliphatic rings. The first-order valence-corrected chi connectivity index (χ1v) is 6.72. The second-order valence-corrected chi connectivity index (χ2v) is 4.85. The Kier molecular flexibility index (Phi) is 4.37. The molecule has 0 unspecified atom stereocenters. The van der Waals surface area contributed by atoms with E-state index in [2.05, 4.69) is 4.98 Å². The molecule has 0 atom stereocenters. The minimum Gasteiger partial charge on any atom is -0.384 e. The van der Waals surface area contributed by atoms with E-state index < -0.39 is 0 Å². The fraction of sp³-hybridized carbons (Fsp3) is 0.571. The maximum atomic E-state index is 12.5. The van der Waals surface area contributed by atoms with Gasteiger partial charge in [-0.25, -0.2) is 4.98 Å². The number of carbonyl (C=O) groups excluding carboxylic acids is 1. The summed E-state index contributed by atoms with van der Waals surface area (Å²) >= 11 is 0. The van der Waals surface area contributed by atoms with E-state index in [1.807, 2.05) is 17.9 Å². The second-order valence-electron chi connectivity index (χ2n) is 4.85. The summed E-state index contributed by atoms with van der Waals surface area (Å²) in [4.78, 5) is 18.6. The molecule has 2 N–H and O–H groups in total. The van der Waals surface area contributed by atoms with Crippen molar-refractivity contribution in [2.75, 3.05) is 26.0 Å². The normalized spacial score (nSPS) is 14.4. The molecule has 19 heavy (non-hydrogen) atoms. The molecule has 2 rings (SSSR count). The van der Waals surface area contributed by atoms with Gasteiger partial charge in [-0.05, 0) is 31.4 Å². The molecule has 5 heteroatoms. The number of aryl methyl sites for hydroxylation is 1. The molecule has 1 aromatic rings. The third-order valence-corrected chi connectivity index (χ3v) is 3.29. The van der Waals surface area contributed by atoms with Gasteiger partial charge < -0.3 is 15.4 Å². The van der Waals surface area contributed by atoms with Crippen LogP contribution in [0, 0.1) is 0 Å². The highest BCUT2D eigenvalue weighted by Gasteiger charge is 2.32. The van der Waals surface area contributed by atoms with Crippen LogP contribution in [0.5, 0.6) is 0 Å². The molecule has 104 valence electrons. The van der Waals surface area contributed by atoms with Crippen LogP contribution in [0.3, 0.4) is 0 Å². The van der Waals surface area contributed by atoms with Crippen molar-refractivity contribution in [2.24, 2.45) is 0 Å². The highest BCUT2D eigenvalue weighted by Crippen LogP contribution is 2.28. The average molecular weight is 263 g/mol. The topological polar surface area (TPSA) is 68.5 Å². The van der Waals surface area contributed by atoms with Crippen molar-refractivity contribution in [3.8, 4) is 0 Å². The SMILES string of the molecule is CCc1cc(C(=O)N(CCOC)C2CC2)cc(N)n1. The monoisotopic (exact) mass is 263 g/mol. The summed E-state index contributed by atoms with van der Waals surface area (Å²) in [5.74, 6) is 0.438. The zero-order chi connectivity index (χ0) is 13.8. The van der Waals surface area contributed by atoms with E-state index in [1.165, 1.54) is 0 Å². The van der Waals surface area contributed by atoms with Gasteiger partial charge in [0.25, 0.3) is 5.91 Å². The van der Waals surface area contributed by atoms with Crippen molar-refractivity contribution >= 4 is 11.7 Å². The maximum absolute atomic E-state index is 12.5. The van der Waals surface area contributed by atoms with Crippen molar-refractivity contribution in [3.63, 3.8) is 0 Å². The molecular weight excluding hydrogens is 242 g/mol. The zero-order valence-corrected chi connectivity index (χ0v) is 11.6. The lowest BCUT2D eigenvalue weighted by atomic mass is 10.1. The van der Waals surface area contributed by atoms with Crippen LogP contribution in [0.1, 0.15) is 35.8 Å². The van der Waals surface area contributed by atoms with Gasteiger partial charge in [-0.2, -0.15) is 0 Å². The van der Waals surface area contributed by atoms with Gasteiger partial charge in [-0.3, -0.25) is 4.79 Å². The summed E-state index contributed by atoms with van der Waals surface area (Å²) in [6.07, 6.45) is 2.93. The van der Waals surface area contributed by atoms with E-state index in [4.69, 9.17) is 10.5 Å². The number of hydrogen-bond donors (Lipinski definition) is 1. The predicted molar refractivity (Wildman–Crippen MR) is 74.0 cm³/mol. The van der Waals surface area contributed by atoms with Crippen molar-refractivity contribution in [1.82, 2.24) is 9.88 Å².